The summed E-state index contributed by atoms with van der Waals surface area (Å²) >= 11 is 5.86. The van der Waals surface area contributed by atoms with Crippen LogP contribution in [0.1, 0.15) is 33.3 Å². The number of amides is 1. The van der Waals surface area contributed by atoms with Crippen molar-refractivity contribution < 1.29 is 9.90 Å². The summed E-state index contributed by atoms with van der Waals surface area (Å²) in [7, 11) is 0. The second-order valence-corrected chi connectivity index (χ2v) is 5.98. The molecule has 1 rings (SSSR count). The molecule has 4 heteroatoms. The minimum atomic E-state index is -0.989. The van der Waals surface area contributed by atoms with E-state index in [1.54, 1.807) is 39.8 Å². The first-order chi connectivity index (χ1) is 8.12. The molecule has 0 bridgehead atoms. The molecule has 1 aromatic carbocycles. The summed E-state index contributed by atoms with van der Waals surface area (Å²) in [5, 5.41) is 13.4. The molecule has 2 N–H and O–H groups in total. The normalized spacial score (nSPS) is 12.3. The van der Waals surface area contributed by atoms with E-state index in [0.29, 0.717) is 5.02 Å². The van der Waals surface area contributed by atoms with Crippen molar-refractivity contribution in [2.75, 3.05) is 0 Å². The molecule has 0 saturated carbocycles. The molecule has 0 aromatic heterocycles. The topological polar surface area (TPSA) is 49.3 Å². The van der Waals surface area contributed by atoms with Crippen molar-refractivity contribution in [1.29, 1.82) is 0 Å². The van der Waals surface area contributed by atoms with Gasteiger partial charge in [0.05, 0.1) is 17.6 Å². The van der Waals surface area contributed by atoms with Crippen molar-refractivity contribution in [3.8, 4) is 0 Å². The van der Waals surface area contributed by atoms with Crippen LogP contribution >= 0.6 is 11.6 Å². The Balaban J connectivity index is 2.68. The Morgan fingerprint density at radius 3 is 2.44 bits per heavy atom. The fourth-order valence-electron chi connectivity index (χ4n) is 1.38. The lowest BCUT2D eigenvalue weighted by Gasteiger charge is -2.38. The lowest BCUT2D eigenvalue weighted by Crippen LogP contribution is -2.58. The van der Waals surface area contributed by atoms with Crippen LogP contribution in [0.25, 0.3) is 0 Å². The van der Waals surface area contributed by atoms with Gasteiger partial charge in [0, 0.05) is 5.02 Å². The molecule has 1 amide bonds. The molecule has 0 aliphatic carbocycles. The number of nitrogens with one attached hydrogen (secondary N) is 1. The Morgan fingerprint density at radius 2 is 1.94 bits per heavy atom. The van der Waals surface area contributed by atoms with E-state index in [2.05, 4.69) is 5.32 Å². The van der Waals surface area contributed by atoms with E-state index in [1.807, 2.05) is 12.1 Å². The number of rotatable bonds is 4. The number of hydrogen-bond acceptors (Lipinski definition) is 2. The van der Waals surface area contributed by atoms with E-state index in [0.717, 1.165) is 5.56 Å². The molecule has 0 atom stereocenters. The van der Waals surface area contributed by atoms with Crippen LogP contribution in [0.3, 0.4) is 0 Å². The fraction of sp³-hybridized carbons (Fsp3) is 0.500. The molecule has 0 unspecified atom stereocenters. The molecule has 100 valence electrons. The summed E-state index contributed by atoms with van der Waals surface area (Å²) in [6, 6.07) is 7.19. The first-order valence-corrected chi connectivity index (χ1v) is 6.27. The van der Waals surface area contributed by atoms with Gasteiger partial charge in [0.2, 0.25) is 5.91 Å². The van der Waals surface area contributed by atoms with Crippen molar-refractivity contribution in [1.82, 2.24) is 5.32 Å². The van der Waals surface area contributed by atoms with Gasteiger partial charge in [-0.3, -0.25) is 4.79 Å². The number of carbonyl (C=O) groups excluding carboxylic acids is 1. The molecule has 0 saturated heterocycles. The minimum Gasteiger partial charge on any atom is -0.388 e. The van der Waals surface area contributed by atoms with Crippen LogP contribution < -0.4 is 5.32 Å². The standard InChI is InChI=1S/C14H20ClNO2/c1-13(2,14(3,4)18)16-12(17)9-10-6-5-7-11(15)8-10/h5-8,18H,9H2,1-4H3,(H,16,17). The summed E-state index contributed by atoms with van der Waals surface area (Å²) < 4.78 is 0. The average molecular weight is 270 g/mol. The number of benzene rings is 1. The quantitative estimate of drug-likeness (QED) is 0.883. The first-order valence-electron chi connectivity index (χ1n) is 5.90. The third kappa shape index (κ3) is 4.00. The highest BCUT2D eigenvalue weighted by atomic mass is 35.5. The SMILES string of the molecule is CC(C)(O)C(C)(C)NC(=O)Cc1cccc(Cl)c1. The third-order valence-corrected chi connectivity index (χ3v) is 3.47. The van der Waals surface area contributed by atoms with Gasteiger partial charge in [-0.1, -0.05) is 23.7 Å². The van der Waals surface area contributed by atoms with Crippen LogP contribution in [0.5, 0.6) is 0 Å². The zero-order valence-electron chi connectivity index (χ0n) is 11.2. The molecule has 0 aliphatic heterocycles. The average Bonchev–Trinajstić information content (AvgIpc) is 2.14. The molecule has 0 radical (unpaired) electrons. The van der Waals surface area contributed by atoms with Crippen LogP contribution in [-0.4, -0.2) is 22.2 Å². The van der Waals surface area contributed by atoms with Crippen LogP contribution in [0.15, 0.2) is 24.3 Å². The van der Waals surface area contributed by atoms with E-state index in [4.69, 9.17) is 11.6 Å². The van der Waals surface area contributed by atoms with Gasteiger partial charge in [-0.2, -0.15) is 0 Å². The third-order valence-electron chi connectivity index (χ3n) is 3.24. The van der Waals surface area contributed by atoms with Gasteiger partial charge >= 0.3 is 0 Å². The lowest BCUT2D eigenvalue weighted by molar-refractivity contribution is -0.125. The van der Waals surface area contributed by atoms with Gasteiger partial charge in [0.25, 0.3) is 0 Å². The van der Waals surface area contributed by atoms with Crippen LogP contribution in [-0.2, 0) is 11.2 Å². The Hall–Kier alpha value is -1.06. The highest BCUT2D eigenvalue weighted by Gasteiger charge is 2.36. The number of halogens is 1. The van der Waals surface area contributed by atoms with Crippen molar-refractivity contribution in [2.45, 2.75) is 45.3 Å². The zero-order chi connectivity index (χ0) is 14.0. The van der Waals surface area contributed by atoms with Gasteiger partial charge in [-0.05, 0) is 45.4 Å². The summed E-state index contributed by atoms with van der Waals surface area (Å²) in [5.74, 6) is -0.135. The van der Waals surface area contributed by atoms with Gasteiger partial charge in [0.1, 0.15) is 0 Å². The predicted molar refractivity (Wildman–Crippen MR) is 73.7 cm³/mol. The smallest absolute Gasteiger partial charge is 0.224 e. The van der Waals surface area contributed by atoms with E-state index < -0.39 is 11.1 Å². The molecule has 3 nitrogen and oxygen atoms in total. The molecule has 0 fully saturated rings. The molecule has 0 heterocycles. The number of hydrogen-bond donors (Lipinski definition) is 2. The fourth-order valence-corrected chi connectivity index (χ4v) is 1.59. The highest BCUT2D eigenvalue weighted by molar-refractivity contribution is 6.30. The van der Waals surface area contributed by atoms with E-state index in [9.17, 15) is 9.90 Å². The van der Waals surface area contributed by atoms with Crippen molar-refractivity contribution in [2.24, 2.45) is 0 Å². The van der Waals surface area contributed by atoms with Gasteiger partial charge in [0.15, 0.2) is 0 Å². The maximum atomic E-state index is 11.9. The lowest BCUT2D eigenvalue weighted by atomic mass is 9.86. The van der Waals surface area contributed by atoms with Gasteiger partial charge < -0.3 is 10.4 Å². The summed E-state index contributed by atoms with van der Waals surface area (Å²) in [5.41, 5.74) is -0.828. The maximum absolute atomic E-state index is 11.9. The largest absolute Gasteiger partial charge is 0.388 e. The predicted octanol–water partition coefficient (Wildman–Crippen LogP) is 2.55. The van der Waals surface area contributed by atoms with E-state index in [-0.39, 0.29) is 12.3 Å². The van der Waals surface area contributed by atoms with Gasteiger partial charge in [-0.15, -0.1) is 0 Å². The Bertz CT molecular complexity index is 436. The second kappa shape index (κ2) is 5.29. The van der Waals surface area contributed by atoms with Crippen LogP contribution in [0.2, 0.25) is 5.02 Å². The van der Waals surface area contributed by atoms with Crippen LogP contribution in [0.4, 0.5) is 0 Å². The second-order valence-electron chi connectivity index (χ2n) is 5.54. The maximum Gasteiger partial charge on any atom is 0.224 e. The molecule has 1 aromatic rings. The van der Waals surface area contributed by atoms with E-state index >= 15 is 0 Å². The molecule has 18 heavy (non-hydrogen) atoms. The van der Waals surface area contributed by atoms with Crippen molar-refractivity contribution in [3.05, 3.63) is 34.9 Å². The Morgan fingerprint density at radius 1 is 1.33 bits per heavy atom. The molecule has 0 aliphatic rings. The summed E-state index contributed by atoms with van der Waals surface area (Å²) in [4.78, 5) is 11.9. The molecule has 0 spiro atoms. The Labute approximate surface area is 113 Å². The van der Waals surface area contributed by atoms with Gasteiger partial charge in [-0.25, -0.2) is 0 Å². The van der Waals surface area contributed by atoms with Crippen LogP contribution in [0, 0.1) is 0 Å². The highest BCUT2D eigenvalue weighted by Crippen LogP contribution is 2.20. The van der Waals surface area contributed by atoms with Crippen molar-refractivity contribution in [3.63, 3.8) is 0 Å². The number of aliphatic hydroxyl groups is 1. The molecular formula is C14H20ClNO2. The Kier molecular flexibility index (Phi) is 4.41. The summed E-state index contributed by atoms with van der Waals surface area (Å²) in [6.07, 6.45) is 0.250. The molecular weight excluding hydrogens is 250 g/mol. The first kappa shape index (κ1) is 15.0. The van der Waals surface area contributed by atoms with E-state index in [1.165, 1.54) is 0 Å². The number of carbonyl (C=O) groups is 1. The monoisotopic (exact) mass is 269 g/mol. The van der Waals surface area contributed by atoms with Crippen molar-refractivity contribution >= 4 is 17.5 Å². The zero-order valence-corrected chi connectivity index (χ0v) is 12.0. The summed E-state index contributed by atoms with van der Waals surface area (Å²) in [6.45, 7) is 6.94. The minimum absolute atomic E-state index is 0.135.